The predicted octanol–water partition coefficient (Wildman–Crippen LogP) is 1.82. The van der Waals surface area contributed by atoms with E-state index in [1.165, 1.54) is 22.8 Å². The third kappa shape index (κ3) is 4.39. The summed E-state index contributed by atoms with van der Waals surface area (Å²) in [5.74, 6) is -0.878. The molecule has 0 bridgehead atoms. The fourth-order valence-electron chi connectivity index (χ4n) is 3.92. The molecule has 2 aliphatic rings. The maximum atomic E-state index is 13.3. The summed E-state index contributed by atoms with van der Waals surface area (Å²) in [5.41, 5.74) is -0.394. The highest BCUT2D eigenvalue weighted by Crippen LogP contribution is 2.34. The number of nitrogens with zero attached hydrogens (tertiary/aromatic N) is 5. The minimum absolute atomic E-state index is 0.122. The summed E-state index contributed by atoms with van der Waals surface area (Å²) >= 11 is 0. The summed E-state index contributed by atoms with van der Waals surface area (Å²) in [4.78, 5) is 36.5. The van der Waals surface area contributed by atoms with E-state index in [0.717, 1.165) is 5.56 Å². The van der Waals surface area contributed by atoms with Gasteiger partial charge in [-0.05, 0) is 24.5 Å². The van der Waals surface area contributed by atoms with Crippen LogP contribution < -0.4 is 5.32 Å². The average Bonchev–Trinajstić information content (AvgIpc) is 3.36. The average molecular weight is 432 g/mol. The Balaban J connectivity index is 1.40. The van der Waals surface area contributed by atoms with E-state index in [9.17, 15) is 18.4 Å². The second kappa shape index (κ2) is 8.40. The Morgan fingerprint density at radius 2 is 2.23 bits per heavy atom. The maximum Gasteiger partial charge on any atom is 0.282 e. The van der Waals surface area contributed by atoms with Crippen molar-refractivity contribution in [1.82, 2.24) is 25.0 Å². The number of nitrogens with one attached hydrogen (secondary N) is 1. The van der Waals surface area contributed by atoms with Crippen LogP contribution in [0, 0.1) is 0 Å². The molecule has 164 valence electrons. The number of hydrogen-bond acceptors (Lipinski definition) is 6. The van der Waals surface area contributed by atoms with Gasteiger partial charge in [0, 0.05) is 45.1 Å². The molecular weight excluding hydrogens is 410 g/mol. The zero-order chi connectivity index (χ0) is 22.0. The molecule has 0 aromatic carbocycles. The molecule has 4 rings (SSSR count). The van der Waals surface area contributed by atoms with Gasteiger partial charge < -0.3 is 15.1 Å². The smallest absolute Gasteiger partial charge is 0.282 e. The zero-order valence-electron chi connectivity index (χ0n) is 16.9. The van der Waals surface area contributed by atoms with E-state index in [4.69, 9.17) is 4.84 Å². The molecule has 1 saturated heterocycles. The molecule has 31 heavy (non-hydrogen) atoms. The number of carbonyl (C=O) groups is 2. The van der Waals surface area contributed by atoms with Crippen LogP contribution in [-0.4, -0.2) is 55.9 Å². The van der Waals surface area contributed by atoms with Gasteiger partial charge in [0.2, 0.25) is 0 Å². The quantitative estimate of drug-likeness (QED) is 0.777. The first-order chi connectivity index (χ1) is 14.9. The van der Waals surface area contributed by atoms with Crippen LogP contribution in [0.4, 0.5) is 8.78 Å². The minimum atomic E-state index is -2.85. The van der Waals surface area contributed by atoms with Gasteiger partial charge in [-0.3, -0.25) is 19.3 Å². The van der Waals surface area contributed by atoms with Gasteiger partial charge in [0.1, 0.15) is 11.4 Å². The number of alkyl halides is 2. The highest BCUT2D eigenvalue weighted by Gasteiger charge is 2.46. The number of likely N-dealkylation sites (tertiary alicyclic amines) is 1. The first-order valence-corrected chi connectivity index (χ1v) is 9.90. The molecule has 2 amide bonds. The topological polar surface area (TPSA) is 102 Å². The molecule has 1 atom stereocenters. The number of pyridine rings is 1. The molecule has 2 aromatic heterocycles. The highest BCUT2D eigenvalue weighted by molar-refractivity contribution is 6.39. The summed E-state index contributed by atoms with van der Waals surface area (Å²) in [6.45, 7) is 0.872. The van der Waals surface area contributed by atoms with Crippen LogP contribution in [0.5, 0.6) is 0 Å². The number of aryl methyl sites for hydroxylation is 1. The lowest BCUT2D eigenvalue weighted by atomic mass is 9.87. The molecule has 2 aliphatic heterocycles. The fraction of sp³-hybridized carbons (Fsp3) is 0.450. The van der Waals surface area contributed by atoms with Crippen LogP contribution in [0.2, 0.25) is 0 Å². The highest BCUT2D eigenvalue weighted by atomic mass is 19.3. The van der Waals surface area contributed by atoms with Gasteiger partial charge in [-0.1, -0.05) is 11.2 Å². The number of hydrogen-bond donors (Lipinski definition) is 1. The molecule has 1 fully saturated rings. The minimum Gasteiger partial charge on any atom is -0.386 e. The van der Waals surface area contributed by atoms with Crippen molar-refractivity contribution >= 4 is 17.5 Å². The second-order valence-electron chi connectivity index (χ2n) is 7.77. The van der Waals surface area contributed by atoms with Crippen molar-refractivity contribution in [1.29, 1.82) is 0 Å². The van der Waals surface area contributed by atoms with E-state index in [1.54, 1.807) is 18.5 Å². The van der Waals surface area contributed by atoms with Crippen LogP contribution in [0.1, 0.15) is 47.3 Å². The van der Waals surface area contributed by atoms with Crippen LogP contribution in [-0.2, 0) is 23.2 Å². The molecule has 2 aromatic rings. The maximum absolute atomic E-state index is 13.3. The van der Waals surface area contributed by atoms with Crippen molar-refractivity contribution in [2.24, 2.45) is 12.2 Å². The summed E-state index contributed by atoms with van der Waals surface area (Å²) in [6.07, 6.45) is 3.21. The summed E-state index contributed by atoms with van der Waals surface area (Å²) in [5, 5.41) is 10.4. The van der Waals surface area contributed by atoms with Crippen molar-refractivity contribution in [2.75, 3.05) is 13.1 Å². The Morgan fingerprint density at radius 3 is 2.97 bits per heavy atom. The van der Waals surface area contributed by atoms with Crippen LogP contribution >= 0.6 is 0 Å². The van der Waals surface area contributed by atoms with Gasteiger partial charge in [0.25, 0.3) is 18.2 Å². The lowest BCUT2D eigenvalue weighted by molar-refractivity contribution is -0.115. The van der Waals surface area contributed by atoms with E-state index >= 15 is 0 Å². The molecule has 0 aliphatic carbocycles. The lowest BCUT2D eigenvalue weighted by Gasteiger charge is -2.38. The van der Waals surface area contributed by atoms with Crippen molar-refractivity contribution in [3.05, 3.63) is 47.5 Å². The number of halogens is 2. The summed E-state index contributed by atoms with van der Waals surface area (Å²) < 4.78 is 27.7. The van der Waals surface area contributed by atoms with E-state index in [2.05, 4.69) is 20.6 Å². The van der Waals surface area contributed by atoms with Gasteiger partial charge in [0.15, 0.2) is 5.60 Å². The lowest BCUT2D eigenvalue weighted by Crippen LogP contribution is -2.51. The van der Waals surface area contributed by atoms with Gasteiger partial charge in [-0.15, -0.1) is 0 Å². The fourth-order valence-corrected chi connectivity index (χ4v) is 3.92. The standard InChI is InChI=1S/C20H22F2N6O3/c1-27-11-14(16(25-27)17(21)22)19(30)28-7-3-5-20(12-28)8-15(26-31-20)18(29)24-10-13-4-2-6-23-9-13/h2,4,6,9,11,17H,3,5,7-8,10,12H2,1H3,(H,24,29). The van der Waals surface area contributed by atoms with Crippen molar-refractivity contribution in [3.8, 4) is 0 Å². The van der Waals surface area contributed by atoms with Gasteiger partial charge in [-0.2, -0.15) is 5.10 Å². The van der Waals surface area contributed by atoms with E-state index < -0.39 is 23.6 Å². The Bertz CT molecular complexity index is 1010. The third-order valence-corrected chi connectivity index (χ3v) is 5.40. The zero-order valence-corrected chi connectivity index (χ0v) is 16.9. The summed E-state index contributed by atoms with van der Waals surface area (Å²) in [7, 11) is 1.49. The number of amides is 2. The number of aromatic nitrogens is 3. The van der Waals surface area contributed by atoms with E-state index in [1.807, 2.05) is 6.07 Å². The number of rotatable bonds is 5. The second-order valence-corrected chi connectivity index (χ2v) is 7.77. The molecule has 11 heteroatoms. The Kier molecular flexibility index (Phi) is 5.66. The number of oxime groups is 1. The first-order valence-electron chi connectivity index (χ1n) is 9.90. The van der Waals surface area contributed by atoms with Crippen molar-refractivity contribution in [2.45, 2.75) is 37.8 Å². The van der Waals surface area contributed by atoms with Crippen LogP contribution in [0.25, 0.3) is 0 Å². The first kappa shape index (κ1) is 20.9. The monoisotopic (exact) mass is 432 g/mol. The molecule has 1 spiro atoms. The van der Waals surface area contributed by atoms with Crippen LogP contribution in [0.15, 0.2) is 35.9 Å². The molecule has 0 radical (unpaired) electrons. The van der Waals surface area contributed by atoms with E-state index in [-0.39, 0.29) is 30.1 Å². The predicted molar refractivity (Wildman–Crippen MR) is 105 cm³/mol. The Labute approximate surface area is 177 Å². The van der Waals surface area contributed by atoms with Crippen molar-refractivity contribution < 1.29 is 23.2 Å². The molecule has 1 N–H and O–H groups in total. The number of carbonyl (C=O) groups excluding carboxylic acids is 2. The molecule has 0 saturated carbocycles. The van der Waals surface area contributed by atoms with Gasteiger partial charge >= 0.3 is 0 Å². The summed E-state index contributed by atoms with van der Waals surface area (Å²) in [6, 6.07) is 3.63. The largest absolute Gasteiger partial charge is 0.386 e. The SMILES string of the molecule is Cn1cc(C(=O)N2CCCC3(CC(C(=O)NCc4cccnc4)=NO3)C2)c(C(F)F)n1. The van der Waals surface area contributed by atoms with Crippen molar-refractivity contribution in [3.63, 3.8) is 0 Å². The van der Waals surface area contributed by atoms with Gasteiger partial charge in [-0.25, -0.2) is 8.78 Å². The van der Waals surface area contributed by atoms with Gasteiger partial charge in [0.05, 0.1) is 12.1 Å². The Morgan fingerprint density at radius 1 is 1.39 bits per heavy atom. The Hall–Kier alpha value is -3.37. The number of piperidine rings is 1. The van der Waals surface area contributed by atoms with E-state index in [0.29, 0.717) is 25.9 Å². The third-order valence-electron chi connectivity index (χ3n) is 5.40. The normalized spacial score (nSPS) is 20.6. The molecule has 9 nitrogen and oxygen atoms in total. The molecule has 4 heterocycles. The molecular formula is C20H22F2N6O3. The van der Waals surface area contributed by atoms with Crippen LogP contribution in [0.3, 0.4) is 0 Å². The molecule has 1 unspecified atom stereocenters.